The van der Waals surface area contributed by atoms with E-state index in [9.17, 15) is 9.59 Å². The number of aromatic amines is 1. The van der Waals surface area contributed by atoms with Crippen molar-refractivity contribution in [3.63, 3.8) is 0 Å². The summed E-state index contributed by atoms with van der Waals surface area (Å²) in [6, 6.07) is 0. The van der Waals surface area contributed by atoms with Crippen LogP contribution in [-0.4, -0.2) is 24.3 Å². The predicted molar refractivity (Wildman–Crippen MR) is 68.4 cm³/mol. The minimum atomic E-state index is -0.464. The standard InChI is InChI=1S/C10H12BrN5O2/c1-2-3-16-8(13-6-14-16)5-15-9(17)7(11)4-12-10(15)18/h4,6H,2-3,5H2,1H3,(H,12,18). The van der Waals surface area contributed by atoms with Gasteiger partial charge < -0.3 is 4.98 Å². The summed E-state index contributed by atoms with van der Waals surface area (Å²) in [4.78, 5) is 30.0. The third-order valence-corrected chi connectivity index (χ3v) is 3.02. The van der Waals surface area contributed by atoms with E-state index in [1.165, 1.54) is 12.5 Å². The van der Waals surface area contributed by atoms with Crippen LogP contribution in [0.5, 0.6) is 0 Å². The van der Waals surface area contributed by atoms with Crippen molar-refractivity contribution in [1.82, 2.24) is 24.3 Å². The van der Waals surface area contributed by atoms with Crippen molar-refractivity contribution in [1.29, 1.82) is 0 Å². The summed E-state index contributed by atoms with van der Waals surface area (Å²) in [6.45, 7) is 2.83. The quantitative estimate of drug-likeness (QED) is 0.882. The number of hydrogen-bond donors (Lipinski definition) is 1. The minimum absolute atomic E-state index is 0.105. The number of hydrogen-bond acceptors (Lipinski definition) is 4. The molecule has 0 unspecified atom stereocenters. The van der Waals surface area contributed by atoms with Crippen molar-refractivity contribution in [2.45, 2.75) is 26.4 Å². The van der Waals surface area contributed by atoms with E-state index in [-0.39, 0.29) is 12.1 Å². The Kier molecular flexibility index (Phi) is 3.75. The lowest BCUT2D eigenvalue weighted by Crippen LogP contribution is -2.36. The molecule has 1 N–H and O–H groups in total. The largest absolute Gasteiger partial charge is 0.328 e. The van der Waals surface area contributed by atoms with Crippen molar-refractivity contribution in [2.75, 3.05) is 0 Å². The van der Waals surface area contributed by atoms with Gasteiger partial charge in [0.25, 0.3) is 5.56 Å². The highest BCUT2D eigenvalue weighted by atomic mass is 79.9. The van der Waals surface area contributed by atoms with Crippen LogP contribution in [0.1, 0.15) is 19.2 Å². The molecule has 0 aromatic carbocycles. The molecule has 0 bridgehead atoms. The van der Waals surface area contributed by atoms with E-state index in [2.05, 4.69) is 31.0 Å². The maximum Gasteiger partial charge on any atom is 0.328 e. The van der Waals surface area contributed by atoms with Crippen LogP contribution >= 0.6 is 15.9 Å². The normalized spacial score (nSPS) is 10.8. The van der Waals surface area contributed by atoms with E-state index in [0.717, 1.165) is 11.0 Å². The number of aryl methyl sites for hydroxylation is 1. The summed E-state index contributed by atoms with van der Waals surface area (Å²) in [7, 11) is 0. The molecule has 2 aromatic rings. The Balaban J connectivity index is 2.40. The third kappa shape index (κ3) is 2.42. The van der Waals surface area contributed by atoms with Gasteiger partial charge in [-0.1, -0.05) is 6.92 Å². The highest BCUT2D eigenvalue weighted by molar-refractivity contribution is 9.10. The number of aromatic nitrogens is 5. The molecule has 0 atom stereocenters. The zero-order valence-corrected chi connectivity index (χ0v) is 11.3. The van der Waals surface area contributed by atoms with E-state index >= 15 is 0 Å². The molecule has 0 amide bonds. The second-order valence-electron chi connectivity index (χ2n) is 3.73. The van der Waals surface area contributed by atoms with E-state index in [4.69, 9.17) is 0 Å². The van der Waals surface area contributed by atoms with Gasteiger partial charge in [-0.3, -0.25) is 9.36 Å². The Bertz CT molecular complexity index is 657. The summed E-state index contributed by atoms with van der Waals surface area (Å²) in [6.07, 6.45) is 3.65. The number of H-pyrrole nitrogens is 1. The molecule has 2 aromatic heterocycles. The monoisotopic (exact) mass is 313 g/mol. The first-order valence-electron chi connectivity index (χ1n) is 5.48. The maximum absolute atomic E-state index is 11.8. The summed E-state index contributed by atoms with van der Waals surface area (Å²) < 4.78 is 3.08. The minimum Gasteiger partial charge on any atom is -0.313 e. The first kappa shape index (κ1) is 12.7. The van der Waals surface area contributed by atoms with Gasteiger partial charge in [-0.05, 0) is 22.4 Å². The number of halogens is 1. The van der Waals surface area contributed by atoms with Gasteiger partial charge in [-0.25, -0.2) is 14.5 Å². The van der Waals surface area contributed by atoms with Crippen molar-refractivity contribution in [3.05, 3.63) is 43.7 Å². The molecule has 0 spiro atoms. The van der Waals surface area contributed by atoms with E-state index < -0.39 is 5.69 Å². The van der Waals surface area contributed by atoms with Gasteiger partial charge in [0.2, 0.25) is 0 Å². The zero-order valence-electron chi connectivity index (χ0n) is 9.76. The van der Waals surface area contributed by atoms with Gasteiger partial charge in [-0.15, -0.1) is 0 Å². The SMILES string of the molecule is CCCn1ncnc1Cn1c(=O)[nH]cc(Br)c1=O. The molecule has 7 nitrogen and oxygen atoms in total. The van der Waals surface area contributed by atoms with Crippen molar-refractivity contribution in [3.8, 4) is 0 Å². The Morgan fingerprint density at radius 2 is 2.22 bits per heavy atom. The fourth-order valence-electron chi connectivity index (χ4n) is 1.58. The number of nitrogens with zero attached hydrogens (tertiary/aromatic N) is 4. The van der Waals surface area contributed by atoms with Gasteiger partial charge in [-0.2, -0.15) is 5.10 Å². The van der Waals surface area contributed by atoms with Crippen molar-refractivity contribution < 1.29 is 0 Å². The van der Waals surface area contributed by atoms with Gasteiger partial charge in [0.05, 0.1) is 11.0 Å². The number of nitrogens with one attached hydrogen (secondary N) is 1. The molecule has 0 saturated carbocycles. The molecule has 2 heterocycles. The lowest BCUT2D eigenvalue weighted by Gasteiger charge is -2.06. The molecule has 0 saturated heterocycles. The Morgan fingerprint density at radius 1 is 1.44 bits per heavy atom. The van der Waals surface area contributed by atoms with Gasteiger partial charge in [0, 0.05) is 12.7 Å². The number of rotatable bonds is 4. The molecular formula is C10H12BrN5O2. The average Bonchev–Trinajstić information content (AvgIpc) is 2.78. The first-order valence-corrected chi connectivity index (χ1v) is 6.27. The zero-order chi connectivity index (χ0) is 13.1. The highest BCUT2D eigenvalue weighted by Gasteiger charge is 2.10. The van der Waals surface area contributed by atoms with E-state index in [1.54, 1.807) is 4.68 Å². The average molecular weight is 314 g/mol. The molecule has 8 heteroatoms. The Labute approximate surface area is 111 Å². The van der Waals surface area contributed by atoms with Crippen LogP contribution in [0.15, 0.2) is 26.6 Å². The van der Waals surface area contributed by atoms with Crippen LogP contribution in [0.25, 0.3) is 0 Å². The Morgan fingerprint density at radius 3 is 2.94 bits per heavy atom. The first-order chi connectivity index (χ1) is 8.63. The molecule has 2 rings (SSSR count). The van der Waals surface area contributed by atoms with Gasteiger partial charge >= 0.3 is 5.69 Å². The molecule has 0 aliphatic heterocycles. The molecule has 0 aliphatic rings. The molecule has 0 aliphatic carbocycles. The second kappa shape index (κ2) is 5.30. The third-order valence-electron chi connectivity index (χ3n) is 2.45. The summed E-state index contributed by atoms with van der Waals surface area (Å²) in [5.41, 5.74) is -0.848. The van der Waals surface area contributed by atoms with Crippen LogP contribution in [0.4, 0.5) is 0 Å². The molecule has 18 heavy (non-hydrogen) atoms. The Hall–Kier alpha value is -1.70. The lowest BCUT2D eigenvalue weighted by molar-refractivity contribution is 0.542. The summed E-state index contributed by atoms with van der Waals surface area (Å²) >= 11 is 3.09. The van der Waals surface area contributed by atoms with E-state index in [1.807, 2.05) is 6.92 Å². The second-order valence-corrected chi connectivity index (χ2v) is 4.59. The molecule has 0 radical (unpaired) electrons. The topological polar surface area (TPSA) is 85.6 Å². The molecule has 0 fully saturated rings. The van der Waals surface area contributed by atoms with Crippen LogP contribution in [-0.2, 0) is 13.1 Å². The fourth-order valence-corrected chi connectivity index (χ4v) is 1.91. The van der Waals surface area contributed by atoms with Gasteiger partial charge in [0.1, 0.15) is 12.2 Å². The van der Waals surface area contributed by atoms with Crippen LogP contribution in [0.2, 0.25) is 0 Å². The van der Waals surface area contributed by atoms with Gasteiger partial charge in [0.15, 0.2) is 0 Å². The lowest BCUT2D eigenvalue weighted by atomic mass is 10.4. The predicted octanol–water partition coefficient (Wildman–Crippen LogP) is 0.349. The fraction of sp³-hybridized carbons (Fsp3) is 0.400. The van der Waals surface area contributed by atoms with Crippen molar-refractivity contribution in [2.24, 2.45) is 0 Å². The molecule has 96 valence electrons. The van der Waals surface area contributed by atoms with Crippen molar-refractivity contribution >= 4 is 15.9 Å². The van der Waals surface area contributed by atoms with Crippen LogP contribution < -0.4 is 11.2 Å². The van der Waals surface area contributed by atoms with E-state index in [0.29, 0.717) is 16.8 Å². The maximum atomic E-state index is 11.8. The summed E-state index contributed by atoms with van der Waals surface area (Å²) in [5.74, 6) is 0.586. The van der Waals surface area contributed by atoms with Crippen LogP contribution in [0.3, 0.4) is 0 Å². The summed E-state index contributed by atoms with van der Waals surface area (Å²) in [5, 5.41) is 4.05. The smallest absolute Gasteiger partial charge is 0.313 e. The van der Waals surface area contributed by atoms with Crippen LogP contribution in [0, 0.1) is 0 Å². The highest BCUT2D eigenvalue weighted by Crippen LogP contribution is 2.00. The molecular weight excluding hydrogens is 302 g/mol.